The smallest absolute Gasteiger partial charge is 0.0922 e. The van der Waals surface area contributed by atoms with Crippen LogP contribution in [-0.4, -0.2) is 38.2 Å². The highest BCUT2D eigenvalue weighted by Crippen LogP contribution is 2.22. The molecule has 2 aromatic rings. The first-order chi connectivity index (χ1) is 9.31. The van der Waals surface area contributed by atoms with E-state index in [4.69, 9.17) is 0 Å². The van der Waals surface area contributed by atoms with E-state index < -0.39 is 0 Å². The van der Waals surface area contributed by atoms with Crippen LogP contribution in [0.2, 0.25) is 0 Å². The molecular weight excluding hydrogens is 238 g/mol. The van der Waals surface area contributed by atoms with Crippen LogP contribution in [0.3, 0.4) is 0 Å². The highest BCUT2D eigenvalue weighted by molar-refractivity contribution is 5.14. The highest BCUT2D eigenvalue weighted by Gasteiger charge is 2.21. The number of imidazole rings is 1. The maximum absolute atomic E-state index is 4.12. The molecule has 102 valence electrons. The van der Waals surface area contributed by atoms with E-state index in [-0.39, 0.29) is 0 Å². The molecule has 1 aliphatic rings. The Balaban J connectivity index is 1.57. The summed E-state index contributed by atoms with van der Waals surface area (Å²) in [5, 5.41) is 7.24. The molecule has 0 spiro atoms. The van der Waals surface area contributed by atoms with Crippen molar-refractivity contribution in [3.05, 3.63) is 35.7 Å². The van der Waals surface area contributed by atoms with E-state index in [1.807, 2.05) is 12.4 Å². The Morgan fingerprint density at radius 1 is 1.42 bits per heavy atom. The minimum absolute atomic E-state index is 0.732. The van der Waals surface area contributed by atoms with Crippen molar-refractivity contribution in [3.8, 4) is 0 Å². The second-order valence-corrected chi connectivity index (χ2v) is 5.56. The van der Waals surface area contributed by atoms with Gasteiger partial charge in [-0.1, -0.05) is 0 Å². The average Bonchev–Trinajstić information content (AvgIpc) is 3.03. The second kappa shape index (κ2) is 5.57. The molecule has 2 N–H and O–H groups in total. The van der Waals surface area contributed by atoms with Crippen molar-refractivity contribution in [2.24, 2.45) is 5.92 Å². The number of nitrogens with zero attached hydrogens (tertiary/aromatic N) is 3. The molecule has 3 rings (SSSR count). The van der Waals surface area contributed by atoms with Crippen molar-refractivity contribution in [3.63, 3.8) is 0 Å². The van der Waals surface area contributed by atoms with E-state index in [0.717, 1.165) is 25.4 Å². The third-order valence-electron chi connectivity index (χ3n) is 3.98. The number of aromatic amines is 2. The van der Waals surface area contributed by atoms with Crippen LogP contribution in [0.25, 0.3) is 0 Å². The Bertz CT molecular complexity index is 502. The average molecular weight is 259 g/mol. The van der Waals surface area contributed by atoms with Gasteiger partial charge in [0.15, 0.2) is 0 Å². The summed E-state index contributed by atoms with van der Waals surface area (Å²) in [7, 11) is 0. The number of hydrogen-bond donors (Lipinski definition) is 2. The van der Waals surface area contributed by atoms with Gasteiger partial charge in [0.2, 0.25) is 0 Å². The van der Waals surface area contributed by atoms with Crippen LogP contribution in [0.4, 0.5) is 0 Å². The molecule has 1 atom stereocenters. The van der Waals surface area contributed by atoms with Gasteiger partial charge in [-0.2, -0.15) is 5.10 Å². The molecule has 0 unspecified atom stereocenters. The number of rotatable bonds is 4. The Kier molecular flexibility index (Phi) is 3.64. The summed E-state index contributed by atoms with van der Waals surface area (Å²) >= 11 is 0. The molecule has 0 amide bonds. The van der Waals surface area contributed by atoms with E-state index in [2.05, 4.69) is 32.0 Å². The second-order valence-electron chi connectivity index (χ2n) is 5.56. The zero-order valence-corrected chi connectivity index (χ0v) is 11.4. The summed E-state index contributed by atoms with van der Waals surface area (Å²) in [5.74, 6) is 0.732. The van der Waals surface area contributed by atoms with Crippen molar-refractivity contribution >= 4 is 0 Å². The number of H-pyrrole nitrogens is 2. The van der Waals surface area contributed by atoms with Gasteiger partial charge >= 0.3 is 0 Å². The predicted octanol–water partition coefficient (Wildman–Crippen LogP) is 1.90. The molecule has 0 aliphatic carbocycles. The first-order valence-corrected chi connectivity index (χ1v) is 6.99. The third-order valence-corrected chi connectivity index (χ3v) is 3.98. The summed E-state index contributed by atoms with van der Waals surface area (Å²) in [6, 6.07) is 0. The topological polar surface area (TPSA) is 60.6 Å². The fourth-order valence-corrected chi connectivity index (χ4v) is 2.94. The van der Waals surface area contributed by atoms with Crippen LogP contribution in [0.1, 0.15) is 29.8 Å². The molecule has 19 heavy (non-hydrogen) atoms. The normalized spacial score (nSPS) is 20.8. The maximum Gasteiger partial charge on any atom is 0.0922 e. The third kappa shape index (κ3) is 3.04. The van der Waals surface area contributed by atoms with Crippen LogP contribution in [0, 0.1) is 12.8 Å². The summed E-state index contributed by atoms with van der Waals surface area (Å²) in [6.07, 6.45) is 9.31. The molecule has 1 fully saturated rings. The molecule has 0 saturated carbocycles. The van der Waals surface area contributed by atoms with Crippen LogP contribution in [0.15, 0.2) is 18.7 Å². The van der Waals surface area contributed by atoms with Gasteiger partial charge in [-0.25, -0.2) is 4.98 Å². The Morgan fingerprint density at radius 2 is 2.37 bits per heavy atom. The predicted molar refractivity (Wildman–Crippen MR) is 73.6 cm³/mol. The molecule has 5 nitrogen and oxygen atoms in total. The van der Waals surface area contributed by atoms with Gasteiger partial charge in [0.05, 0.1) is 12.5 Å². The van der Waals surface area contributed by atoms with Crippen molar-refractivity contribution < 1.29 is 0 Å². The van der Waals surface area contributed by atoms with Crippen LogP contribution >= 0.6 is 0 Å². The number of nitrogens with one attached hydrogen (secondary N) is 2. The van der Waals surface area contributed by atoms with Crippen LogP contribution in [-0.2, 0) is 13.0 Å². The number of aryl methyl sites for hydroxylation is 1. The van der Waals surface area contributed by atoms with Gasteiger partial charge in [-0.15, -0.1) is 0 Å². The van der Waals surface area contributed by atoms with Crippen molar-refractivity contribution in [2.45, 2.75) is 32.7 Å². The van der Waals surface area contributed by atoms with Gasteiger partial charge in [-0.05, 0) is 44.2 Å². The monoisotopic (exact) mass is 259 g/mol. The van der Waals surface area contributed by atoms with E-state index in [0.29, 0.717) is 0 Å². The Labute approximate surface area is 113 Å². The summed E-state index contributed by atoms with van der Waals surface area (Å²) < 4.78 is 0. The van der Waals surface area contributed by atoms with Gasteiger partial charge in [-0.3, -0.25) is 10.00 Å². The van der Waals surface area contributed by atoms with E-state index in [9.17, 15) is 0 Å². The SMILES string of the molecule is Cc1cn[nH]c1C[C@H]1CCCN(Cc2cnc[nH]2)C1. The largest absolute Gasteiger partial charge is 0.347 e. The molecule has 2 aromatic heterocycles. The molecule has 0 aromatic carbocycles. The Morgan fingerprint density at radius 3 is 3.11 bits per heavy atom. The zero-order chi connectivity index (χ0) is 13.1. The van der Waals surface area contributed by atoms with Gasteiger partial charge < -0.3 is 4.98 Å². The minimum Gasteiger partial charge on any atom is -0.347 e. The zero-order valence-electron chi connectivity index (χ0n) is 11.4. The van der Waals surface area contributed by atoms with Crippen LogP contribution in [0.5, 0.6) is 0 Å². The fraction of sp³-hybridized carbons (Fsp3) is 0.571. The molecule has 0 radical (unpaired) electrons. The number of aromatic nitrogens is 4. The van der Waals surface area contributed by atoms with Crippen molar-refractivity contribution in [1.29, 1.82) is 0 Å². The van der Waals surface area contributed by atoms with E-state index in [1.54, 1.807) is 6.33 Å². The van der Waals surface area contributed by atoms with Gasteiger partial charge in [0.1, 0.15) is 0 Å². The number of likely N-dealkylation sites (tertiary alicyclic amines) is 1. The number of piperidine rings is 1. The minimum atomic E-state index is 0.732. The lowest BCUT2D eigenvalue weighted by atomic mass is 9.92. The van der Waals surface area contributed by atoms with E-state index in [1.165, 1.54) is 36.3 Å². The highest BCUT2D eigenvalue weighted by atomic mass is 15.1. The molecule has 5 heteroatoms. The van der Waals surface area contributed by atoms with E-state index >= 15 is 0 Å². The van der Waals surface area contributed by atoms with Crippen molar-refractivity contribution in [2.75, 3.05) is 13.1 Å². The first kappa shape index (κ1) is 12.4. The van der Waals surface area contributed by atoms with Gasteiger partial charge in [0.25, 0.3) is 0 Å². The molecule has 3 heterocycles. The molecule has 1 aliphatic heterocycles. The quantitative estimate of drug-likeness (QED) is 0.881. The molecule has 1 saturated heterocycles. The van der Waals surface area contributed by atoms with Gasteiger partial charge in [0, 0.05) is 30.7 Å². The lowest BCUT2D eigenvalue weighted by Gasteiger charge is -2.32. The summed E-state index contributed by atoms with van der Waals surface area (Å²) in [6.45, 7) is 5.47. The lowest BCUT2D eigenvalue weighted by molar-refractivity contribution is 0.165. The number of hydrogen-bond acceptors (Lipinski definition) is 3. The maximum atomic E-state index is 4.12. The summed E-state index contributed by atoms with van der Waals surface area (Å²) in [5.41, 5.74) is 3.79. The molecular formula is C14H21N5. The van der Waals surface area contributed by atoms with Crippen molar-refractivity contribution in [1.82, 2.24) is 25.1 Å². The van der Waals surface area contributed by atoms with Crippen LogP contribution < -0.4 is 0 Å². The lowest BCUT2D eigenvalue weighted by Crippen LogP contribution is -2.35. The first-order valence-electron chi connectivity index (χ1n) is 6.99. The Hall–Kier alpha value is -1.62. The fourth-order valence-electron chi connectivity index (χ4n) is 2.94. The molecule has 0 bridgehead atoms. The summed E-state index contributed by atoms with van der Waals surface area (Å²) in [4.78, 5) is 9.79. The standard InChI is InChI=1S/C14H21N5/c1-11-6-17-18-14(11)5-12-3-2-4-19(8-12)9-13-7-15-10-16-13/h6-7,10,12H,2-5,8-9H2,1H3,(H,15,16)(H,17,18)/t12-/m1/s1.